The fourth-order valence-corrected chi connectivity index (χ4v) is 6.02. The highest BCUT2D eigenvalue weighted by Gasteiger charge is 2.40. The molecule has 1 aliphatic rings. The summed E-state index contributed by atoms with van der Waals surface area (Å²) in [6.07, 6.45) is 4.98. The fraction of sp³-hybridized carbons (Fsp3) is 0.419. The normalized spacial score (nSPS) is 16.2. The number of fused-ring (bicyclic) bond motifs is 1. The molecule has 0 bridgehead atoms. The predicted octanol–water partition coefficient (Wildman–Crippen LogP) is 6.32. The van der Waals surface area contributed by atoms with Crippen LogP contribution >= 0.6 is 0 Å². The molecule has 2 N–H and O–H groups in total. The topological polar surface area (TPSA) is 92.1 Å². The number of aromatic carboxylic acids is 1. The second-order valence-corrected chi connectivity index (χ2v) is 17.0. The van der Waals surface area contributed by atoms with Gasteiger partial charge >= 0.3 is 13.0 Å². The average molecular weight is 561 g/mol. The maximum Gasteiger partial charge on any atom is 0.376 e. The van der Waals surface area contributed by atoms with Gasteiger partial charge in [0.1, 0.15) is 11.9 Å². The summed E-state index contributed by atoms with van der Waals surface area (Å²) in [5, 5.41) is 20.2. The van der Waals surface area contributed by atoms with Crippen LogP contribution in [0.5, 0.6) is 5.75 Å². The van der Waals surface area contributed by atoms with Gasteiger partial charge in [-0.15, -0.1) is 0 Å². The minimum Gasteiger partial charge on any atom is -0.489 e. The zero-order valence-corrected chi connectivity index (χ0v) is 25.4. The summed E-state index contributed by atoms with van der Waals surface area (Å²) in [6.45, 7) is 14.1. The Morgan fingerprint density at radius 3 is 2.58 bits per heavy atom. The van der Waals surface area contributed by atoms with Crippen molar-refractivity contribution in [2.45, 2.75) is 70.8 Å². The molecule has 40 heavy (non-hydrogen) atoms. The number of aryl methyl sites for hydroxylation is 1. The minimum atomic E-state index is -2.10. The van der Waals surface area contributed by atoms with Gasteiger partial charge in [0, 0.05) is 25.5 Å². The standard InChI is InChI=1S/C31H41BN2O5Si/c1-31(2,3)40(5,6)39-29(26-11-8-16-33-19-26)21-34(32(4)37)20-27-14-12-24-17-23(13-15-28(24)38-27)22-9-7-10-25(18-22)30(35)36/h7-11,13,15-19,27,29,37H,12,14,20-21H2,1-6H3,(H,35,36)/t27-,29+/m1/s1. The van der Waals surface area contributed by atoms with Crippen LogP contribution in [0, 0.1) is 0 Å². The second kappa shape index (κ2) is 12.3. The molecular weight excluding hydrogens is 519 g/mol. The Bertz CT molecular complexity index is 1310. The van der Waals surface area contributed by atoms with E-state index in [2.05, 4.69) is 44.9 Å². The molecule has 2 heterocycles. The van der Waals surface area contributed by atoms with Crippen molar-refractivity contribution in [2.24, 2.45) is 0 Å². The molecule has 0 radical (unpaired) electrons. The van der Waals surface area contributed by atoms with Crippen LogP contribution in [0.25, 0.3) is 11.1 Å². The van der Waals surface area contributed by atoms with Gasteiger partial charge in [-0.3, -0.25) is 4.98 Å². The summed E-state index contributed by atoms with van der Waals surface area (Å²) in [4.78, 5) is 17.8. The second-order valence-electron chi connectivity index (χ2n) is 12.2. The number of carbonyl (C=O) groups is 1. The van der Waals surface area contributed by atoms with E-state index < -0.39 is 21.3 Å². The summed E-state index contributed by atoms with van der Waals surface area (Å²) >= 11 is 0. The van der Waals surface area contributed by atoms with E-state index >= 15 is 0 Å². The highest BCUT2D eigenvalue weighted by Crippen LogP contribution is 2.40. The molecular formula is C31H41BN2O5Si. The van der Waals surface area contributed by atoms with E-state index in [1.807, 2.05) is 41.3 Å². The van der Waals surface area contributed by atoms with Crippen LogP contribution < -0.4 is 4.74 Å². The molecule has 0 saturated carbocycles. The van der Waals surface area contributed by atoms with Gasteiger partial charge in [0.15, 0.2) is 8.32 Å². The summed E-state index contributed by atoms with van der Waals surface area (Å²) in [7, 11) is -2.77. The van der Waals surface area contributed by atoms with Crippen LogP contribution in [0.15, 0.2) is 67.0 Å². The first-order valence-corrected chi connectivity index (χ1v) is 16.9. The van der Waals surface area contributed by atoms with Gasteiger partial charge in [-0.2, -0.15) is 0 Å². The van der Waals surface area contributed by atoms with Gasteiger partial charge in [-0.05, 0) is 90.4 Å². The molecule has 0 saturated heterocycles. The minimum absolute atomic E-state index is 0.0487. The Hall–Kier alpha value is -2.98. The Kier molecular flexibility index (Phi) is 9.20. The van der Waals surface area contributed by atoms with Crippen molar-refractivity contribution in [1.82, 2.24) is 9.79 Å². The van der Waals surface area contributed by atoms with Crippen molar-refractivity contribution in [3.05, 3.63) is 83.7 Å². The van der Waals surface area contributed by atoms with Crippen LogP contribution in [-0.2, 0) is 10.8 Å². The molecule has 0 unspecified atom stereocenters. The molecule has 2 atom stereocenters. The summed E-state index contributed by atoms with van der Waals surface area (Å²) in [5.41, 5.74) is 4.22. The van der Waals surface area contributed by atoms with Crippen molar-refractivity contribution in [3.8, 4) is 16.9 Å². The highest BCUT2D eigenvalue weighted by molar-refractivity contribution is 6.74. The van der Waals surface area contributed by atoms with Gasteiger partial charge in [-0.25, -0.2) is 4.79 Å². The molecule has 1 aromatic heterocycles. The molecule has 212 valence electrons. The number of benzene rings is 2. The molecule has 4 rings (SSSR count). The molecule has 9 heteroatoms. The SMILES string of the molecule is CB(O)N(C[C@H]1CCc2cc(-c3cccc(C(=O)O)c3)ccc2O1)C[C@H](O[Si](C)(C)C(C)(C)C)c1cccnc1. The van der Waals surface area contributed by atoms with E-state index in [4.69, 9.17) is 9.16 Å². The van der Waals surface area contributed by atoms with E-state index in [0.29, 0.717) is 13.1 Å². The Labute approximate surface area is 239 Å². The lowest BCUT2D eigenvalue weighted by Crippen LogP contribution is -2.49. The zero-order chi connectivity index (χ0) is 29.1. The van der Waals surface area contributed by atoms with E-state index in [0.717, 1.165) is 40.8 Å². The van der Waals surface area contributed by atoms with E-state index in [9.17, 15) is 14.9 Å². The number of rotatable bonds is 10. The maximum atomic E-state index is 11.4. The number of ether oxygens (including phenoxy) is 1. The molecule has 0 fully saturated rings. The fourth-order valence-electron chi connectivity index (χ4n) is 4.75. The quantitative estimate of drug-likeness (QED) is 0.281. The number of hydrogen-bond acceptors (Lipinski definition) is 6. The van der Waals surface area contributed by atoms with Crippen molar-refractivity contribution in [2.75, 3.05) is 13.1 Å². The lowest BCUT2D eigenvalue weighted by molar-refractivity contribution is 0.0697. The number of carboxylic acids is 1. The van der Waals surface area contributed by atoms with Gasteiger partial charge in [0.2, 0.25) is 0 Å². The number of aromatic nitrogens is 1. The lowest BCUT2D eigenvalue weighted by atomic mass is 9.83. The van der Waals surface area contributed by atoms with Crippen LogP contribution in [-0.4, -0.2) is 60.5 Å². The van der Waals surface area contributed by atoms with Gasteiger partial charge in [0.25, 0.3) is 0 Å². The van der Waals surface area contributed by atoms with Gasteiger partial charge < -0.3 is 24.1 Å². The lowest BCUT2D eigenvalue weighted by Gasteiger charge is -2.41. The van der Waals surface area contributed by atoms with E-state index in [1.54, 1.807) is 31.2 Å². The van der Waals surface area contributed by atoms with Crippen LogP contribution in [0.4, 0.5) is 0 Å². The van der Waals surface area contributed by atoms with Crippen LogP contribution in [0.2, 0.25) is 25.0 Å². The summed E-state index contributed by atoms with van der Waals surface area (Å²) < 4.78 is 13.3. The third-order valence-electron chi connectivity index (χ3n) is 8.20. The Balaban J connectivity index is 1.49. The Morgan fingerprint density at radius 1 is 1.18 bits per heavy atom. The van der Waals surface area contributed by atoms with Crippen LogP contribution in [0.3, 0.4) is 0 Å². The zero-order valence-electron chi connectivity index (χ0n) is 24.4. The Morgan fingerprint density at radius 2 is 1.93 bits per heavy atom. The molecule has 3 aromatic rings. The highest BCUT2D eigenvalue weighted by atomic mass is 28.4. The van der Waals surface area contributed by atoms with E-state index in [-0.39, 0.29) is 22.8 Å². The molecule has 0 spiro atoms. The van der Waals surface area contributed by atoms with Gasteiger partial charge in [-0.1, -0.05) is 45.0 Å². The maximum absolute atomic E-state index is 11.4. The molecule has 1 aliphatic heterocycles. The summed E-state index contributed by atoms with van der Waals surface area (Å²) in [5.74, 6) is -0.101. The smallest absolute Gasteiger partial charge is 0.376 e. The van der Waals surface area contributed by atoms with Crippen molar-refractivity contribution >= 4 is 21.3 Å². The predicted molar refractivity (Wildman–Crippen MR) is 162 cm³/mol. The largest absolute Gasteiger partial charge is 0.489 e. The van der Waals surface area contributed by atoms with Crippen molar-refractivity contribution < 1.29 is 24.1 Å². The third kappa shape index (κ3) is 7.20. The first kappa shape index (κ1) is 30.0. The number of nitrogens with zero attached hydrogens (tertiary/aromatic N) is 2. The molecule has 7 nitrogen and oxygen atoms in total. The van der Waals surface area contributed by atoms with Crippen LogP contribution in [0.1, 0.15) is 54.8 Å². The average Bonchev–Trinajstić information content (AvgIpc) is 2.91. The van der Waals surface area contributed by atoms with Crippen molar-refractivity contribution in [1.29, 1.82) is 0 Å². The number of carboxylic acid groups (broad SMARTS) is 1. The first-order valence-electron chi connectivity index (χ1n) is 14.0. The van der Waals surface area contributed by atoms with E-state index in [1.165, 1.54) is 0 Å². The monoisotopic (exact) mass is 560 g/mol. The number of hydrogen-bond donors (Lipinski definition) is 2. The molecule has 0 amide bonds. The first-order chi connectivity index (χ1) is 18.8. The molecule has 0 aliphatic carbocycles. The number of pyridine rings is 1. The third-order valence-corrected chi connectivity index (χ3v) is 12.7. The van der Waals surface area contributed by atoms with Gasteiger partial charge in [0.05, 0.1) is 11.7 Å². The van der Waals surface area contributed by atoms with Crippen molar-refractivity contribution in [3.63, 3.8) is 0 Å². The molecule has 2 aromatic carbocycles. The summed E-state index contributed by atoms with van der Waals surface area (Å²) in [6, 6.07) is 17.0.